The van der Waals surface area contributed by atoms with E-state index in [0.29, 0.717) is 12.6 Å². The molecule has 1 aromatic rings. The highest BCUT2D eigenvalue weighted by atomic mass is 79.9. The lowest BCUT2D eigenvalue weighted by Gasteiger charge is -2.27. The van der Waals surface area contributed by atoms with Crippen molar-refractivity contribution in [2.45, 2.75) is 25.4 Å². The molecule has 2 rings (SSSR count). The average molecular weight is 312 g/mol. The van der Waals surface area contributed by atoms with Crippen molar-refractivity contribution in [3.8, 4) is 0 Å². The summed E-state index contributed by atoms with van der Waals surface area (Å²) < 4.78 is 1.10. The van der Waals surface area contributed by atoms with E-state index in [4.69, 9.17) is 5.73 Å². The van der Waals surface area contributed by atoms with E-state index in [2.05, 4.69) is 58.0 Å². The number of hydrogen-bond donors (Lipinski definition) is 1. The minimum atomic E-state index is 0.587. The fourth-order valence-corrected chi connectivity index (χ4v) is 3.13. The van der Waals surface area contributed by atoms with Crippen LogP contribution in [0, 0.1) is 0 Å². The van der Waals surface area contributed by atoms with E-state index >= 15 is 0 Å². The molecule has 18 heavy (non-hydrogen) atoms. The highest BCUT2D eigenvalue weighted by Gasteiger charge is 2.22. The molecule has 0 aliphatic carbocycles. The number of nitrogens with zero attached hydrogens (tertiary/aromatic N) is 2. The smallest absolute Gasteiger partial charge is 0.0378 e. The molecule has 0 spiro atoms. The molecular weight excluding hydrogens is 290 g/mol. The number of rotatable bonds is 4. The molecule has 100 valence electrons. The molecule has 1 aliphatic rings. The average Bonchev–Trinajstić information content (AvgIpc) is 2.74. The van der Waals surface area contributed by atoms with Crippen molar-refractivity contribution in [2.75, 3.05) is 32.1 Å². The molecule has 1 atom stereocenters. The zero-order valence-corrected chi connectivity index (χ0v) is 12.8. The van der Waals surface area contributed by atoms with Gasteiger partial charge in [-0.2, -0.15) is 0 Å². The quantitative estimate of drug-likeness (QED) is 0.927. The van der Waals surface area contributed by atoms with Gasteiger partial charge in [-0.05, 0) is 50.2 Å². The number of likely N-dealkylation sites (N-methyl/N-ethyl adjacent to an activating group) is 2. The van der Waals surface area contributed by atoms with Crippen molar-refractivity contribution >= 4 is 21.6 Å². The molecule has 1 unspecified atom stereocenters. The highest BCUT2D eigenvalue weighted by Crippen LogP contribution is 2.24. The van der Waals surface area contributed by atoms with Crippen LogP contribution < -0.4 is 10.6 Å². The van der Waals surface area contributed by atoms with Crippen molar-refractivity contribution < 1.29 is 0 Å². The van der Waals surface area contributed by atoms with Crippen molar-refractivity contribution in [3.05, 3.63) is 28.2 Å². The Morgan fingerprint density at radius 3 is 2.83 bits per heavy atom. The summed E-state index contributed by atoms with van der Waals surface area (Å²) in [6.07, 6.45) is 2.63. The monoisotopic (exact) mass is 311 g/mol. The Morgan fingerprint density at radius 1 is 1.44 bits per heavy atom. The molecule has 4 heteroatoms. The van der Waals surface area contributed by atoms with Crippen LogP contribution in [0.4, 0.5) is 5.69 Å². The van der Waals surface area contributed by atoms with Crippen LogP contribution in [0.1, 0.15) is 18.4 Å². The maximum absolute atomic E-state index is 5.73. The molecule has 0 saturated carbocycles. The van der Waals surface area contributed by atoms with Crippen molar-refractivity contribution in [3.63, 3.8) is 0 Å². The Balaban J connectivity index is 2.08. The van der Waals surface area contributed by atoms with Crippen LogP contribution in [-0.2, 0) is 6.54 Å². The van der Waals surface area contributed by atoms with Crippen molar-refractivity contribution in [1.82, 2.24) is 4.90 Å². The van der Waals surface area contributed by atoms with Crippen LogP contribution in [0.25, 0.3) is 0 Å². The number of benzene rings is 1. The maximum atomic E-state index is 5.73. The minimum absolute atomic E-state index is 0.587. The molecule has 0 amide bonds. The standard InChI is InChI=1S/C14H22BrN3/c1-17-5-3-4-13(17)10-18(2)14-7-11(9-16)6-12(15)8-14/h6-8,13H,3-5,9-10,16H2,1-2H3. The third-order valence-corrected chi connectivity index (χ3v) is 4.23. The summed E-state index contributed by atoms with van der Waals surface area (Å²) in [5.41, 5.74) is 8.14. The van der Waals surface area contributed by atoms with E-state index in [0.717, 1.165) is 11.0 Å². The summed E-state index contributed by atoms with van der Waals surface area (Å²) in [5.74, 6) is 0. The third kappa shape index (κ3) is 3.25. The second-order valence-electron chi connectivity index (χ2n) is 5.18. The van der Waals surface area contributed by atoms with Gasteiger partial charge in [0.2, 0.25) is 0 Å². The number of anilines is 1. The molecule has 0 radical (unpaired) electrons. The first-order valence-electron chi connectivity index (χ1n) is 6.51. The predicted octanol–water partition coefficient (Wildman–Crippen LogP) is 2.44. The first-order chi connectivity index (χ1) is 8.60. The van der Waals surface area contributed by atoms with Gasteiger partial charge < -0.3 is 15.5 Å². The normalized spacial score (nSPS) is 20.3. The summed E-state index contributed by atoms with van der Waals surface area (Å²) in [4.78, 5) is 4.79. The molecule has 1 fully saturated rings. The minimum Gasteiger partial charge on any atom is -0.373 e. The van der Waals surface area contributed by atoms with Crippen LogP contribution in [0.3, 0.4) is 0 Å². The van der Waals surface area contributed by atoms with Gasteiger partial charge in [0.15, 0.2) is 0 Å². The summed E-state index contributed by atoms with van der Waals surface area (Å²) in [5, 5.41) is 0. The molecule has 1 heterocycles. The number of halogens is 1. The summed E-state index contributed by atoms with van der Waals surface area (Å²) in [7, 11) is 4.38. The molecule has 3 nitrogen and oxygen atoms in total. The van der Waals surface area contributed by atoms with E-state index in [1.807, 2.05) is 0 Å². The van der Waals surface area contributed by atoms with Gasteiger partial charge in [0.25, 0.3) is 0 Å². The van der Waals surface area contributed by atoms with Gasteiger partial charge in [-0.3, -0.25) is 0 Å². The van der Waals surface area contributed by atoms with Crippen LogP contribution in [-0.4, -0.2) is 38.1 Å². The third-order valence-electron chi connectivity index (χ3n) is 3.77. The van der Waals surface area contributed by atoms with E-state index in [1.165, 1.54) is 30.6 Å². The van der Waals surface area contributed by atoms with Gasteiger partial charge in [0.1, 0.15) is 0 Å². The molecule has 2 N–H and O–H groups in total. The van der Waals surface area contributed by atoms with Gasteiger partial charge in [-0.1, -0.05) is 15.9 Å². The van der Waals surface area contributed by atoms with Crippen molar-refractivity contribution in [2.24, 2.45) is 5.73 Å². The Kier molecular flexibility index (Phi) is 4.65. The van der Waals surface area contributed by atoms with E-state index in [1.54, 1.807) is 0 Å². The first-order valence-corrected chi connectivity index (χ1v) is 7.30. The largest absolute Gasteiger partial charge is 0.373 e. The number of nitrogens with two attached hydrogens (primary N) is 1. The predicted molar refractivity (Wildman–Crippen MR) is 81.0 cm³/mol. The molecule has 1 aliphatic heterocycles. The second-order valence-corrected chi connectivity index (χ2v) is 6.09. The van der Waals surface area contributed by atoms with Crippen LogP contribution in [0.15, 0.2) is 22.7 Å². The summed E-state index contributed by atoms with van der Waals surface area (Å²) >= 11 is 3.55. The molecule has 0 aromatic heterocycles. The topological polar surface area (TPSA) is 32.5 Å². The van der Waals surface area contributed by atoms with E-state index in [9.17, 15) is 0 Å². The van der Waals surface area contributed by atoms with E-state index < -0.39 is 0 Å². The SMILES string of the molecule is CN(CC1CCCN1C)c1cc(Br)cc(CN)c1. The first kappa shape index (κ1) is 13.8. The fraction of sp³-hybridized carbons (Fsp3) is 0.571. The lowest BCUT2D eigenvalue weighted by atomic mass is 10.1. The maximum Gasteiger partial charge on any atom is 0.0378 e. The number of likely N-dealkylation sites (tertiary alicyclic amines) is 1. The summed E-state index contributed by atoms with van der Waals surface area (Å²) in [6, 6.07) is 7.10. The zero-order chi connectivity index (χ0) is 13.1. The molecule has 0 bridgehead atoms. The van der Waals surface area contributed by atoms with Crippen LogP contribution >= 0.6 is 15.9 Å². The van der Waals surface area contributed by atoms with Gasteiger partial charge in [0, 0.05) is 36.3 Å². The van der Waals surface area contributed by atoms with E-state index in [-0.39, 0.29) is 0 Å². The Morgan fingerprint density at radius 2 is 2.22 bits per heavy atom. The van der Waals surface area contributed by atoms with Crippen LogP contribution in [0.2, 0.25) is 0 Å². The van der Waals surface area contributed by atoms with Gasteiger partial charge in [0.05, 0.1) is 0 Å². The highest BCUT2D eigenvalue weighted by molar-refractivity contribution is 9.10. The zero-order valence-electron chi connectivity index (χ0n) is 11.2. The van der Waals surface area contributed by atoms with Gasteiger partial charge in [-0.15, -0.1) is 0 Å². The Labute approximate surface area is 118 Å². The lowest BCUT2D eigenvalue weighted by molar-refractivity contribution is 0.314. The van der Waals surface area contributed by atoms with Gasteiger partial charge >= 0.3 is 0 Å². The van der Waals surface area contributed by atoms with Crippen LogP contribution in [0.5, 0.6) is 0 Å². The Hall–Kier alpha value is -0.580. The Bertz CT molecular complexity index is 408. The lowest BCUT2D eigenvalue weighted by Crippen LogP contribution is -2.36. The molecule has 1 aromatic carbocycles. The summed E-state index contributed by atoms with van der Waals surface area (Å²) in [6.45, 7) is 2.89. The van der Waals surface area contributed by atoms with Crippen molar-refractivity contribution in [1.29, 1.82) is 0 Å². The molecule has 1 saturated heterocycles. The number of hydrogen-bond acceptors (Lipinski definition) is 3. The fourth-order valence-electron chi connectivity index (χ4n) is 2.60. The molecular formula is C14H22BrN3. The van der Waals surface area contributed by atoms with Gasteiger partial charge in [-0.25, -0.2) is 0 Å². The second kappa shape index (κ2) is 6.04.